The van der Waals surface area contributed by atoms with E-state index in [-0.39, 0.29) is 5.69 Å². The van der Waals surface area contributed by atoms with Gasteiger partial charge in [-0.05, 0) is 24.5 Å². The van der Waals surface area contributed by atoms with Crippen LogP contribution in [0.4, 0.5) is 5.69 Å². The number of non-ortho nitro benzene ring substituents is 1. The van der Waals surface area contributed by atoms with Gasteiger partial charge < -0.3 is 4.74 Å². The first kappa shape index (κ1) is 13.2. The summed E-state index contributed by atoms with van der Waals surface area (Å²) in [7, 11) is 0. The topological polar surface area (TPSA) is 69.4 Å². The van der Waals surface area contributed by atoms with E-state index in [1.165, 1.54) is 24.3 Å². The van der Waals surface area contributed by atoms with Crippen molar-refractivity contribution in [3.05, 3.63) is 39.9 Å². The van der Waals surface area contributed by atoms with E-state index < -0.39 is 10.9 Å². The smallest absolute Gasteiger partial charge is 0.338 e. The number of hydrogen-bond donors (Lipinski definition) is 0. The molecule has 0 aromatic heterocycles. The van der Waals surface area contributed by atoms with E-state index in [1.54, 1.807) is 0 Å². The normalized spacial score (nSPS) is 10.3. The molecule has 0 saturated heterocycles. The van der Waals surface area contributed by atoms with Gasteiger partial charge in [0.05, 0.1) is 17.1 Å². The molecule has 0 unspecified atom stereocenters. The molecule has 17 heavy (non-hydrogen) atoms. The summed E-state index contributed by atoms with van der Waals surface area (Å²) in [6.07, 6.45) is 0.804. The Morgan fingerprint density at radius 3 is 2.41 bits per heavy atom. The first-order valence-electron chi connectivity index (χ1n) is 5.42. The van der Waals surface area contributed by atoms with Gasteiger partial charge in [0, 0.05) is 12.1 Å². The highest BCUT2D eigenvalue weighted by atomic mass is 16.6. The van der Waals surface area contributed by atoms with Crippen LogP contribution in [0.25, 0.3) is 0 Å². The number of esters is 1. The molecule has 1 aromatic rings. The van der Waals surface area contributed by atoms with Gasteiger partial charge in [-0.2, -0.15) is 0 Å². The van der Waals surface area contributed by atoms with Crippen molar-refractivity contribution in [1.82, 2.24) is 0 Å². The minimum atomic E-state index is -0.506. The summed E-state index contributed by atoms with van der Waals surface area (Å²) < 4.78 is 5.03. The molecule has 0 amide bonds. The largest absolute Gasteiger partial charge is 0.462 e. The average Bonchev–Trinajstić information content (AvgIpc) is 2.28. The van der Waals surface area contributed by atoms with Gasteiger partial charge in [-0.25, -0.2) is 4.79 Å². The number of hydrogen-bond acceptors (Lipinski definition) is 4. The molecule has 0 radical (unpaired) electrons. The number of carbonyl (C=O) groups excluding carboxylic acids is 1. The van der Waals surface area contributed by atoms with Crippen molar-refractivity contribution in [2.75, 3.05) is 6.61 Å². The molecule has 0 atom stereocenters. The third-order valence-corrected chi connectivity index (χ3v) is 2.24. The fourth-order valence-electron chi connectivity index (χ4n) is 1.19. The molecule has 92 valence electrons. The molecule has 0 N–H and O–H groups in total. The average molecular weight is 237 g/mol. The molecular formula is C12H15NO4. The Kier molecular flexibility index (Phi) is 4.63. The zero-order valence-corrected chi connectivity index (χ0v) is 9.88. The standard InChI is InChI=1S/C12H15NO4/c1-9(2)7-8-17-12(14)10-3-5-11(6-4-10)13(15)16/h3-6,9H,7-8H2,1-2H3. The van der Waals surface area contributed by atoms with Crippen LogP contribution >= 0.6 is 0 Å². The Hall–Kier alpha value is -1.91. The van der Waals surface area contributed by atoms with Gasteiger partial charge in [0.15, 0.2) is 0 Å². The van der Waals surface area contributed by atoms with E-state index in [0.29, 0.717) is 18.1 Å². The van der Waals surface area contributed by atoms with Crippen molar-refractivity contribution < 1.29 is 14.5 Å². The van der Waals surface area contributed by atoms with Gasteiger partial charge in [-0.15, -0.1) is 0 Å². The Morgan fingerprint density at radius 2 is 1.94 bits per heavy atom. The van der Waals surface area contributed by atoms with Crippen LogP contribution in [-0.2, 0) is 4.74 Å². The quantitative estimate of drug-likeness (QED) is 0.448. The minimum Gasteiger partial charge on any atom is -0.462 e. The summed E-state index contributed by atoms with van der Waals surface area (Å²) >= 11 is 0. The summed E-state index contributed by atoms with van der Waals surface area (Å²) in [6, 6.07) is 5.38. The monoisotopic (exact) mass is 237 g/mol. The van der Waals surface area contributed by atoms with E-state index in [9.17, 15) is 14.9 Å². The number of benzene rings is 1. The maximum atomic E-state index is 11.5. The Morgan fingerprint density at radius 1 is 1.35 bits per heavy atom. The van der Waals surface area contributed by atoms with Gasteiger partial charge in [0.2, 0.25) is 0 Å². The summed E-state index contributed by atoms with van der Waals surface area (Å²) in [5, 5.41) is 10.4. The fraction of sp³-hybridized carbons (Fsp3) is 0.417. The third kappa shape index (κ3) is 4.22. The second kappa shape index (κ2) is 5.98. The molecule has 0 bridgehead atoms. The van der Waals surface area contributed by atoms with Crippen LogP contribution in [0, 0.1) is 16.0 Å². The van der Waals surface area contributed by atoms with Crippen molar-refractivity contribution in [3.63, 3.8) is 0 Å². The Labute approximate surface area is 99.5 Å². The molecule has 1 rings (SSSR count). The van der Waals surface area contributed by atoms with Crippen LogP contribution in [-0.4, -0.2) is 17.5 Å². The molecule has 0 saturated carbocycles. The van der Waals surface area contributed by atoms with Gasteiger partial charge in [0.25, 0.3) is 5.69 Å². The lowest BCUT2D eigenvalue weighted by atomic mass is 10.1. The van der Waals surface area contributed by atoms with E-state index in [2.05, 4.69) is 0 Å². The predicted molar refractivity (Wildman–Crippen MR) is 62.8 cm³/mol. The highest BCUT2D eigenvalue weighted by molar-refractivity contribution is 5.89. The van der Waals surface area contributed by atoms with Crippen LogP contribution in [0.1, 0.15) is 30.6 Å². The molecule has 0 heterocycles. The SMILES string of the molecule is CC(C)CCOC(=O)c1ccc([N+](=O)[O-])cc1. The first-order valence-corrected chi connectivity index (χ1v) is 5.42. The van der Waals surface area contributed by atoms with E-state index in [1.807, 2.05) is 13.8 Å². The zero-order valence-electron chi connectivity index (χ0n) is 9.88. The predicted octanol–water partition coefficient (Wildman–Crippen LogP) is 2.80. The molecular weight excluding hydrogens is 222 g/mol. The number of nitro groups is 1. The molecule has 0 aliphatic heterocycles. The van der Waals surface area contributed by atoms with Gasteiger partial charge in [-0.3, -0.25) is 10.1 Å². The van der Waals surface area contributed by atoms with E-state index in [4.69, 9.17) is 4.74 Å². The maximum absolute atomic E-state index is 11.5. The van der Waals surface area contributed by atoms with Gasteiger partial charge >= 0.3 is 5.97 Å². The number of ether oxygens (including phenoxy) is 1. The number of rotatable bonds is 5. The summed E-state index contributed by atoms with van der Waals surface area (Å²) in [5.41, 5.74) is 0.295. The Bertz CT molecular complexity index is 397. The van der Waals surface area contributed by atoms with Crippen molar-refractivity contribution >= 4 is 11.7 Å². The first-order chi connectivity index (χ1) is 8.00. The molecule has 0 spiro atoms. The molecule has 5 nitrogen and oxygen atoms in total. The van der Waals surface area contributed by atoms with E-state index >= 15 is 0 Å². The molecule has 1 aromatic carbocycles. The fourth-order valence-corrected chi connectivity index (χ4v) is 1.19. The number of carbonyl (C=O) groups is 1. The van der Waals surface area contributed by atoms with E-state index in [0.717, 1.165) is 6.42 Å². The van der Waals surface area contributed by atoms with Crippen LogP contribution in [0.15, 0.2) is 24.3 Å². The molecule has 5 heteroatoms. The number of nitro benzene ring substituents is 1. The van der Waals surface area contributed by atoms with Crippen molar-refractivity contribution in [2.45, 2.75) is 20.3 Å². The summed E-state index contributed by atoms with van der Waals surface area (Å²) in [5.74, 6) is 0.0280. The summed E-state index contributed by atoms with van der Waals surface area (Å²) in [6.45, 7) is 4.45. The zero-order chi connectivity index (χ0) is 12.8. The second-order valence-electron chi connectivity index (χ2n) is 4.12. The molecule has 0 fully saturated rings. The highest BCUT2D eigenvalue weighted by Gasteiger charge is 2.10. The molecule has 0 aliphatic carbocycles. The van der Waals surface area contributed by atoms with Crippen LogP contribution < -0.4 is 0 Å². The number of nitrogens with zero attached hydrogens (tertiary/aromatic N) is 1. The lowest BCUT2D eigenvalue weighted by Gasteiger charge is -2.06. The highest BCUT2D eigenvalue weighted by Crippen LogP contribution is 2.12. The van der Waals surface area contributed by atoms with Crippen LogP contribution in [0.2, 0.25) is 0 Å². The third-order valence-electron chi connectivity index (χ3n) is 2.24. The van der Waals surface area contributed by atoms with Crippen LogP contribution in [0.3, 0.4) is 0 Å². The minimum absolute atomic E-state index is 0.0382. The lowest BCUT2D eigenvalue weighted by Crippen LogP contribution is -2.08. The second-order valence-corrected chi connectivity index (χ2v) is 4.12. The van der Waals surface area contributed by atoms with Gasteiger partial charge in [0.1, 0.15) is 0 Å². The van der Waals surface area contributed by atoms with Crippen molar-refractivity contribution in [2.24, 2.45) is 5.92 Å². The van der Waals surface area contributed by atoms with Gasteiger partial charge in [-0.1, -0.05) is 13.8 Å². The Balaban J connectivity index is 2.55. The van der Waals surface area contributed by atoms with Crippen LogP contribution in [0.5, 0.6) is 0 Å². The maximum Gasteiger partial charge on any atom is 0.338 e. The lowest BCUT2D eigenvalue weighted by molar-refractivity contribution is -0.384. The summed E-state index contributed by atoms with van der Waals surface area (Å²) in [4.78, 5) is 21.4. The molecule has 0 aliphatic rings. The van der Waals surface area contributed by atoms with Crippen molar-refractivity contribution in [3.8, 4) is 0 Å². The van der Waals surface area contributed by atoms with Crippen molar-refractivity contribution in [1.29, 1.82) is 0 Å².